The van der Waals surface area contributed by atoms with Gasteiger partial charge in [0.1, 0.15) is 18.5 Å². The lowest BCUT2D eigenvalue weighted by Gasteiger charge is -2.14. The fraction of sp³-hybridized carbons (Fsp3) is 0.278. The van der Waals surface area contributed by atoms with Gasteiger partial charge < -0.3 is 14.4 Å². The van der Waals surface area contributed by atoms with Gasteiger partial charge in [-0.15, -0.1) is 0 Å². The van der Waals surface area contributed by atoms with Crippen LogP contribution < -0.4 is 9.54 Å². The first-order valence-electron chi connectivity index (χ1n) is 7.72. The predicted octanol–water partition coefficient (Wildman–Crippen LogP) is 3.06. The monoisotopic (exact) mass is 328 g/mol. The fourth-order valence-corrected chi connectivity index (χ4v) is 3.53. The summed E-state index contributed by atoms with van der Waals surface area (Å²) in [5.74, 6) is 0.769. The molecule has 0 aliphatic carbocycles. The molecule has 0 amide bonds. The minimum Gasteiger partial charge on any atom is -0.491 e. The number of rotatable bonds is 6. The van der Waals surface area contributed by atoms with E-state index in [9.17, 15) is 5.11 Å². The van der Waals surface area contributed by atoms with Crippen LogP contribution in [0.15, 0.2) is 59.6 Å². The molecule has 2 aromatic carbocycles. The zero-order valence-electron chi connectivity index (χ0n) is 13.1. The summed E-state index contributed by atoms with van der Waals surface area (Å²) in [6, 6.07) is 17.7. The van der Waals surface area contributed by atoms with Crippen molar-refractivity contribution in [3.05, 3.63) is 59.4 Å². The summed E-state index contributed by atoms with van der Waals surface area (Å²) in [6.07, 6.45) is -0.594. The van der Waals surface area contributed by atoms with Gasteiger partial charge in [0.2, 0.25) is 0 Å². The first-order chi connectivity index (χ1) is 11.3. The van der Waals surface area contributed by atoms with E-state index in [1.807, 2.05) is 49.4 Å². The number of nitrogens with zero attached hydrogens (tertiary/aromatic N) is 2. The number of aromatic nitrogens is 1. The Balaban J connectivity index is 1.77. The number of thiazole rings is 1. The van der Waals surface area contributed by atoms with Crippen LogP contribution >= 0.6 is 11.3 Å². The van der Waals surface area contributed by atoms with E-state index in [0.29, 0.717) is 6.54 Å². The molecule has 0 bridgehead atoms. The summed E-state index contributed by atoms with van der Waals surface area (Å²) >= 11 is 1.65. The van der Waals surface area contributed by atoms with Gasteiger partial charge in [0.25, 0.3) is 0 Å². The molecular weight excluding hydrogens is 308 g/mol. The molecule has 0 fully saturated rings. The molecule has 3 rings (SSSR count). The molecule has 4 nitrogen and oxygen atoms in total. The van der Waals surface area contributed by atoms with Crippen LogP contribution in [-0.4, -0.2) is 28.9 Å². The van der Waals surface area contributed by atoms with Crippen molar-refractivity contribution in [2.45, 2.75) is 19.6 Å². The lowest BCUT2D eigenvalue weighted by atomic mass is 10.3. The third kappa shape index (κ3) is 3.81. The summed E-state index contributed by atoms with van der Waals surface area (Å²) < 4.78 is 8.89. The largest absolute Gasteiger partial charge is 0.491 e. The van der Waals surface area contributed by atoms with Crippen molar-refractivity contribution in [3.63, 3.8) is 0 Å². The maximum absolute atomic E-state index is 10.4. The molecule has 1 N–H and O–H groups in total. The van der Waals surface area contributed by atoms with Gasteiger partial charge in [-0.25, -0.2) is 0 Å². The second kappa shape index (κ2) is 7.44. The number of benzene rings is 2. The molecule has 0 spiro atoms. The number of ether oxygens (including phenoxy) is 1. The molecule has 120 valence electrons. The Bertz CT molecular complexity index is 824. The zero-order valence-corrected chi connectivity index (χ0v) is 13.9. The van der Waals surface area contributed by atoms with Crippen molar-refractivity contribution in [1.29, 1.82) is 0 Å². The molecule has 5 heteroatoms. The molecule has 0 saturated carbocycles. The highest BCUT2D eigenvalue weighted by atomic mass is 32.1. The van der Waals surface area contributed by atoms with Crippen molar-refractivity contribution in [2.75, 3.05) is 13.2 Å². The number of hydrogen-bond acceptors (Lipinski definition) is 4. The zero-order chi connectivity index (χ0) is 16.1. The lowest BCUT2D eigenvalue weighted by Crippen LogP contribution is -2.28. The van der Waals surface area contributed by atoms with Crippen LogP contribution in [0.3, 0.4) is 0 Å². The SMILES string of the molecule is CCN=c1sc2ccccc2n1C[C@@H](O)COc1ccccc1. The van der Waals surface area contributed by atoms with Gasteiger partial charge in [0.15, 0.2) is 4.80 Å². The third-order valence-corrected chi connectivity index (χ3v) is 4.56. The van der Waals surface area contributed by atoms with Crippen LogP contribution in [-0.2, 0) is 6.54 Å². The number of hydrogen-bond donors (Lipinski definition) is 1. The van der Waals surface area contributed by atoms with Crippen LogP contribution in [0.25, 0.3) is 10.2 Å². The second-order valence-electron chi connectivity index (χ2n) is 5.22. The van der Waals surface area contributed by atoms with Gasteiger partial charge in [-0.1, -0.05) is 41.7 Å². The van der Waals surface area contributed by atoms with Gasteiger partial charge >= 0.3 is 0 Å². The van der Waals surface area contributed by atoms with Crippen LogP contribution in [0, 0.1) is 0 Å². The molecule has 0 aliphatic heterocycles. The van der Waals surface area contributed by atoms with E-state index >= 15 is 0 Å². The van der Waals surface area contributed by atoms with E-state index in [2.05, 4.69) is 21.7 Å². The normalized spacial score (nSPS) is 13.4. The molecule has 3 aromatic rings. The molecule has 23 heavy (non-hydrogen) atoms. The van der Waals surface area contributed by atoms with Crippen molar-refractivity contribution in [3.8, 4) is 5.75 Å². The van der Waals surface area contributed by atoms with Crippen LogP contribution in [0.5, 0.6) is 5.75 Å². The smallest absolute Gasteiger partial charge is 0.185 e. The molecule has 0 saturated heterocycles. The van der Waals surface area contributed by atoms with Crippen molar-refractivity contribution in [2.24, 2.45) is 4.99 Å². The number of aliphatic hydroxyl groups excluding tert-OH is 1. The summed E-state index contributed by atoms with van der Waals surface area (Å²) in [5.41, 5.74) is 1.10. The summed E-state index contributed by atoms with van der Waals surface area (Å²) in [7, 11) is 0. The van der Waals surface area contributed by atoms with Gasteiger partial charge in [-0.2, -0.15) is 0 Å². The maximum atomic E-state index is 10.4. The standard InChI is InChI=1S/C18H20N2O2S/c1-2-19-18-20(16-10-6-7-11-17(16)23-18)12-14(21)13-22-15-8-4-3-5-9-15/h3-11,14,21H,2,12-13H2,1H3/t14-/m1/s1. The van der Waals surface area contributed by atoms with E-state index in [4.69, 9.17) is 4.74 Å². The fourth-order valence-electron chi connectivity index (χ4n) is 2.42. The summed E-state index contributed by atoms with van der Waals surface area (Å²) in [4.78, 5) is 5.48. The Morgan fingerprint density at radius 3 is 2.65 bits per heavy atom. The topological polar surface area (TPSA) is 46.8 Å². The van der Waals surface area contributed by atoms with E-state index in [1.165, 1.54) is 4.70 Å². The van der Waals surface area contributed by atoms with Gasteiger partial charge in [-0.05, 0) is 31.2 Å². The molecule has 0 unspecified atom stereocenters. The Labute approximate surface area is 139 Å². The maximum Gasteiger partial charge on any atom is 0.185 e. The van der Waals surface area contributed by atoms with Crippen LogP contribution in [0.4, 0.5) is 0 Å². The highest BCUT2D eigenvalue weighted by Crippen LogP contribution is 2.17. The van der Waals surface area contributed by atoms with E-state index < -0.39 is 6.10 Å². The van der Waals surface area contributed by atoms with E-state index in [1.54, 1.807) is 11.3 Å². The highest BCUT2D eigenvalue weighted by Gasteiger charge is 2.11. The quantitative estimate of drug-likeness (QED) is 0.756. The average Bonchev–Trinajstić information content (AvgIpc) is 2.92. The number of fused-ring (bicyclic) bond motifs is 1. The van der Waals surface area contributed by atoms with Gasteiger partial charge in [-0.3, -0.25) is 4.99 Å². The first-order valence-corrected chi connectivity index (χ1v) is 8.54. The summed E-state index contributed by atoms with van der Waals surface area (Å²) in [5, 5.41) is 10.4. The van der Waals surface area contributed by atoms with E-state index in [0.717, 1.165) is 22.6 Å². The van der Waals surface area contributed by atoms with Crippen LogP contribution in [0.2, 0.25) is 0 Å². The Hall–Kier alpha value is -2.11. The minimum atomic E-state index is -0.594. The molecular formula is C18H20N2O2S. The predicted molar refractivity (Wildman–Crippen MR) is 93.9 cm³/mol. The van der Waals surface area contributed by atoms with Gasteiger partial charge in [0, 0.05) is 6.54 Å². The van der Waals surface area contributed by atoms with E-state index in [-0.39, 0.29) is 6.61 Å². The molecule has 1 heterocycles. The van der Waals surface area contributed by atoms with Crippen molar-refractivity contribution in [1.82, 2.24) is 4.57 Å². The van der Waals surface area contributed by atoms with Gasteiger partial charge in [0.05, 0.1) is 16.8 Å². The first kappa shape index (κ1) is 15.8. The number of aliphatic hydroxyl groups is 1. The molecule has 1 atom stereocenters. The second-order valence-corrected chi connectivity index (χ2v) is 6.22. The average molecular weight is 328 g/mol. The van der Waals surface area contributed by atoms with Crippen LogP contribution in [0.1, 0.15) is 6.92 Å². The lowest BCUT2D eigenvalue weighted by molar-refractivity contribution is 0.0928. The third-order valence-electron chi connectivity index (χ3n) is 3.46. The molecule has 0 radical (unpaired) electrons. The molecule has 1 aromatic heterocycles. The Morgan fingerprint density at radius 2 is 1.87 bits per heavy atom. The minimum absolute atomic E-state index is 0.257. The summed E-state index contributed by atoms with van der Waals surface area (Å²) in [6.45, 7) is 3.47. The Morgan fingerprint density at radius 1 is 1.13 bits per heavy atom. The number of para-hydroxylation sites is 2. The Kier molecular flexibility index (Phi) is 5.10. The van der Waals surface area contributed by atoms with Crippen molar-refractivity contribution >= 4 is 21.6 Å². The molecule has 0 aliphatic rings. The highest BCUT2D eigenvalue weighted by molar-refractivity contribution is 7.16. The van der Waals surface area contributed by atoms with Crippen molar-refractivity contribution < 1.29 is 9.84 Å².